The number of hydrogen-bond donors (Lipinski definition) is 1. The molecule has 0 aromatic rings. The van der Waals surface area contributed by atoms with E-state index < -0.39 is 24.3 Å². The number of carbonyl (C=O) groups is 2. The third-order valence-corrected chi connectivity index (χ3v) is 2.49. The number of ether oxygens (including phenoxy) is 3. The van der Waals surface area contributed by atoms with E-state index in [4.69, 9.17) is 9.47 Å². The van der Waals surface area contributed by atoms with Gasteiger partial charge in [0.2, 0.25) is 12.0 Å². The summed E-state index contributed by atoms with van der Waals surface area (Å²) in [5, 5.41) is 1.73. The summed E-state index contributed by atoms with van der Waals surface area (Å²) in [7, 11) is 2.50. The Morgan fingerprint density at radius 1 is 1.38 bits per heavy atom. The number of esters is 1. The van der Waals surface area contributed by atoms with E-state index in [2.05, 4.69) is 4.74 Å². The molecule has 1 N–H and O–H groups in total. The van der Waals surface area contributed by atoms with Crippen LogP contribution in [0.2, 0.25) is 0 Å². The number of carbonyl (C=O) groups excluding carboxylic acids is 2. The topological polar surface area (TPSA) is 73.9 Å². The van der Waals surface area contributed by atoms with Crippen molar-refractivity contribution in [1.29, 1.82) is 0 Å². The number of allylic oxidation sites excluding steroid dienone is 1. The van der Waals surface area contributed by atoms with Crippen molar-refractivity contribution in [1.82, 2.24) is 5.32 Å². The molecule has 0 aliphatic carbocycles. The number of amides is 1. The van der Waals surface area contributed by atoms with Gasteiger partial charge < -0.3 is 19.5 Å². The largest absolute Gasteiger partial charge is 0.471 e. The van der Waals surface area contributed by atoms with Gasteiger partial charge in [-0.3, -0.25) is 4.79 Å². The van der Waals surface area contributed by atoms with Crippen molar-refractivity contribution in [3.05, 3.63) is 23.5 Å². The van der Waals surface area contributed by atoms with Crippen LogP contribution in [0, 0.1) is 0 Å². The van der Waals surface area contributed by atoms with Crippen LogP contribution in [-0.2, 0) is 23.8 Å². The number of hydrogen-bond acceptors (Lipinski definition) is 5. The van der Waals surface area contributed by atoms with Gasteiger partial charge in [0.05, 0.1) is 7.11 Å². The highest BCUT2D eigenvalue weighted by Crippen LogP contribution is 2.20. The van der Waals surface area contributed by atoms with Crippen molar-refractivity contribution in [2.75, 3.05) is 20.8 Å². The Morgan fingerprint density at radius 2 is 2.05 bits per heavy atom. The maximum absolute atomic E-state index is 12.0. The predicted molar refractivity (Wildman–Crippen MR) is 63.7 cm³/mol. The van der Waals surface area contributed by atoms with E-state index in [1.165, 1.54) is 19.3 Å². The summed E-state index contributed by atoms with van der Waals surface area (Å²) in [6.07, 6.45) is -2.90. The zero-order valence-corrected chi connectivity index (χ0v) is 11.3. The summed E-state index contributed by atoms with van der Waals surface area (Å²) >= 11 is 0. The molecule has 6 nitrogen and oxygen atoms in total. The highest BCUT2D eigenvalue weighted by molar-refractivity contribution is 5.87. The van der Waals surface area contributed by atoms with Crippen LogP contribution in [0.5, 0.6) is 0 Å². The standard InChI is InChI=1S/C12H14F3NO5/c1-19-9-6-7(5-8(21-9)10(17)20-2)3-4-16-11(18)12(13,14)15/h5-6,9H,3-4H2,1-2H3,(H,16,18)/t9-/m1/s1. The zero-order chi connectivity index (χ0) is 16.0. The summed E-state index contributed by atoms with van der Waals surface area (Å²) in [6, 6.07) is 0. The summed E-state index contributed by atoms with van der Waals surface area (Å²) in [6.45, 7) is -0.244. The molecule has 0 unspecified atom stereocenters. The lowest BCUT2D eigenvalue weighted by Gasteiger charge is -2.21. The van der Waals surface area contributed by atoms with Gasteiger partial charge in [0.25, 0.3) is 0 Å². The second-order valence-corrected chi connectivity index (χ2v) is 3.97. The van der Waals surface area contributed by atoms with E-state index in [1.54, 1.807) is 5.32 Å². The fraction of sp³-hybridized carbons (Fsp3) is 0.500. The summed E-state index contributed by atoms with van der Waals surface area (Å²) in [5.74, 6) is -2.87. The van der Waals surface area contributed by atoms with Gasteiger partial charge in [-0.25, -0.2) is 4.79 Å². The first-order chi connectivity index (χ1) is 9.77. The van der Waals surface area contributed by atoms with E-state index in [0.717, 1.165) is 7.11 Å². The van der Waals surface area contributed by atoms with Crippen molar-refractivity contribution < 1.29 is 37.0 Å². The first-order valence-electron chi connectivity index (χ1n) is 5.83. The highest BCUT2D eigenvalue weighted by atomic mass is 19.4. The second-order valence-electron chi connectivity index (χ2n) is 3.97. The van der Waals surface area contributed by atoms with Crippen LogP contribution in [0.3, 0.4) is 0 Å². The van der Waals surface area contributed by atoms with E-state index in [9.17, 15) is 22.8 Å². The first kappa shape index (κ1) is 17.0. The smallest absolute Gasteiger partial charge is 0.463 e. The monoisotopic (exact) mass is 309 g/mol. The molecule has 1 aliphatic rings. The molecule has 1 rings (SSSR count). The Balaban J connectivity index is 2.63. The SMILES string of the molecule is COC(=O)C1=CC(CCNC(=O)C(F)(F)F)=C[C@H](OC)O1. The molecule has 0 saturated carbocycles. The number of halogens is 3. The third-order valence-electron chi connectivity index (χ3n) is 2.49. The number of alkyl halides is 3. The Kier molecular flexibility index (Phi) is 5.77. The van der Waals surface area contributed by atoms with Crippen molar-refractivity contribution in [3.8, 4) is 0 Å². The van der Waals surface area contributed by atoms with Gasteiger partial charge in [-0.2, -0.15) is 13.2 Å². The first-order valence-corrected chi connectivity index (χ1v) is 5.83. The van der Waals surface area contributed by atoms with E-state index in [-0.39, 0.29) is 18.7 Å². The van der Waals surface area contributed by atoms with Crippen molar-refractivity contribution in [3.63, 3.8) is 0 Å². The number of nitrogens with one attached hydrogen (secondary N) is 1. The van der Waals surface area contributed by atoms with Crippen LogP contribution in [0.1, 0.15) is 6.42 Å². The molecule has 21 heavy (non-hydrogen) atoms. The molecule has 1 amide bonds. The van der Waals surface area contributed by atoms with Crippen LogP contribution in [0.25, 0.3) is 0 Å². The molecule has 0 radical (unpaired) electrons. The van der Waals surface area contributed by atoms with Gasteiger partial charge in [0, 0.05) is 13.7 Å². The minimum Gasteiger partial charge on any atom is -0.463 e. The molecule has 0 fully saturated rings. The molecule has 1 heterocycles. The summed E-state index contributed by atoms with van der Waals surface area (Å²) in [5.41, 5.74) is 0.482. The molecular formula is C12H14F3NO5. The molecule has 1 atom stereocenters. The Hall–Kier alpha value is -2.03. The molecule has 0 spiro atoms. The predicted octanol–water partition coefficient (Wildman–Crippen LogP) is 1.04. The van der Waals surface area contributed by atoms with Crippen LogP contribution >= 0.6 is 0 Å². The van der Waals surface area contributed by atoms with Gasteiger partial charge >= 0.3 is 18.1 Å². The lowest BCUT2D eigenvalue weighted by atomic mass is 10.1. The van der Waals surface area contributed by atoms with Crippen molar-refractivity contribution >= 4 is 11.9 Å². The van der Waals surface area contributed by atoms with Crippen LogP contribution in [0.15, 0.2) is 23.5 Å². The lowest BCUT2D eigenvalue weighted by Crippen LogP contribution is -2.37. The van der Waals surface area contributed by atoms with E-state index in [0.29, 0.717) is 5.57 Å². The van der Waals surface area contributed by atoms with E-state index >= 15 is 0 Å². The minimum absolute atomic E-state index is 0.0749. The van der Waals surface area contributed by atoms with E-state index in [1.807, 2.05) is 0 Å². The van der Waals surface area contributed by atoms with Crippen molar-refractivity contribution in [2.45, 2.75) is 18.9 Å². The quantitative estimate of drug-likeness (QED) is 0.768. The third kappa shape index (κ3) is 5.10. The average molecular weight is 309 g/mol. The number of rotatable bonds is 5. The van der Waals surface area contributed by atoms with Gasteiger partial charge in [0.1, 0.15) is 0 Å². The molecule has 9 heteroatoms. The second kappa shape index (κ2) is 7.11. The van der Waals surface area contributed by atoms with Crippen LogP contribution in [-0.4, -0.2) is 45.1 Å². The van der Waals surface area contributed by atoms with Gasteiger partial charge in [0.15, 0.2) is 0 Å². The van der Waals surface area contributed by atoms with Crippen LogP contribution in [0.4, 0.5) is 13.2 Å². The maximum Gasteiger partial charge on any atom is 0.471 e. The van der Waals surface area contributed by atoms with Gasteiger partial charge in [-0.05, 0) is 24.1 Å². The lowest BCUT2D eigenvalue weighted by molar-refractivity contribution is -0.173. The maximum atomic E-state index is 12.0. The molecule has 118 valence electrons. The zero-order valence-electron chi connectivity index (χ0n) is 11.3. The fourth-order valence-corrected chi connectivity index (χ4v) is 1.48. The summed E-state index contributed by atoms with van der Waals surface area (Å²) < 4.78 is 50.5. The molecule has 0 bridgehead atoms. The van der Waals surface area contributed by atoms with Crippen molar-refractivity contribution in [2.24, 2.45) is 0 Å². The summed E-state index contributed by atoms with van der Waals surface area (Å²) in [4.78, 5) is 22.0. The minimum atomic E-state index is -4.92. The molecular weight excluding hydrogens is 295 g/mol. The molecule has 0 aromatic heterocycles. The molecule has 1 aliphatic heterocycles. The highest BCUT2D eigenvalue weighted by Gasteiger charge is 2.38. The molecule has 0 saturated heterocycles. The Bertz CT molecular complexity index is 470. The Morgan fingerprint density at radius 3 is 2.57 bits per heavy atom. The number of methoxy groups -OCH3 is 2. The fourth-order valence-electron chi connectivity index (χ4n) is 1.48. The molecule has 0 aromatic carbocycles. The Labute approximate surface area is 118 Å². The van der Waals surface area contributed by atoms with Crippen LogP contribution < -0.4 is 5.32 Å². The average Bonchev–Trinajstić information content (AvgIpc) is 2.44. The van der Waals surface area contributed by atoms with Gasteiger partial charge in [-0.15, -0.1) is 0 Å². The van der Waals surface area contributed by atoms with Gasteiger partial charge in [-0.1, -0.05) is 0 Å². The normalized spacial score (nSPS) is 18.2.